The van der Waals surface area contributed by atoms with Gasteiger partial charge in [-0.15, -0.1) is 11.8 Å². The first-order chi connectivity index (χ1) is 10.0. The van der Waals surface area contributed by atoms with Gasteiger partial charge in [-0.25, -0.2) is 0 Å². The van der Waals surface area contributed by atoms with Gasteiger partial charge in [0.1, 0.15) is 0 Å². The molecule has 2 aromatic rings. The summed E-state index contributed by atoms with van der Waals surface area (Å²) >= 11 is 1.77. The first kappa shape index (κ1) is 15.8. The summed E-state index contributed by atoms with van der Waals surface area (Å²) < 4.78 is 0. The minimum atomic E-state index is 0.290. The fourth-order valence-electron chi connectivity index (χ4n) is 2.41. The molecule has 3 heteroatoms. The molecule has 0 bridgehead atoms. The molecule has 2 nitrogen and oxygen atoms in total. The monoisotopic (exact) mass is 300 g/mol. The number of thioether (sulfide) groups is 1. The largest absolute Gasteiger partial charge is 0.378 e. The van der Waals surface area contributed by atoms with Gasteiger partial charge in [0.25, 0.3) is 0 Å². The number of rotatable bonds is 5. The Balaban J connectivity index is 2.14. The van der Waals surface area contributed by atoms with Crippen molar-refractivity contribution in [1.29, 1.82) is 0 Å². The minimum absolute atomic E-state index is 0.290. The molecule has 0 radical (unpaired) electrons. The third kappa shape index (κ3) is 3.94. The molecular formula is C18H24N2S. The summed E-state index contributed by atoms with van der Waals surface area (Å²) in [6.45, 7) is 4.34. The number of nitrogens with zero attached hydrogens (tertiary/aromatic N) is 1. The summed E-state index contributed by atoms with van der Waals surface area (Å²) in [5.74, 6) is 0. The molecule has 0 saturated heterocycles. The molecule has 112 valence electrons. The van der Waals surface area contributed by atoms with Crippen LogP contribution in [-0.2, 0) is 0 Å². The van der Waals surface area contributed by atoms with Crippen molar-refractivity contribution in [2.45, 2.75) is 24.8 Å². The minimum Gasteiger partial charge on any atom is -0.378 e. The van der Waals surface area contributed by atoms with E-state index < -0.39 is 0 Å². The molecule has 0 aromatic heterocycles. The number of hydrogen-bond acceptors (Lipinski definition) is 3. The van der Waals surface area contributed by atoms with E-state index in [1.807, 2.05) is 0 Å². The van der Waals surface area contributed by atoms with Gasteiger partial charge < -0.3 is 10.2 Å². The number of aryl methyl sites for hydroxylation is 1. The highest BCUT2D eigenvalue weighted by atomic mass is 32.2. The van der Waals surface area contributed by atoms with Gasteiger partial charge >= 0.3 is 0 Å². The van der Waals surface area contributed by atoms with Crippen molar-refractivity contribution < 1.29 is 0 Å². The van der Waals surface area contributed by atoms with E-state index in [9.17, 15) is 0 Å². The highest BCUT2D eigenvalue weighted by Crippen LogP contribution is 2.26. The van der Waals surface area contributed by atoms with Crippen LogP contribution in [0.4, 0.5) is 11.4 Å². The molecule has 2 aromatic carbocycles. The maximum atomic E-state index is 3.58. The van der Waals surface area contributed by atoms with E-state index in [1.54, 1.807) is 11.8 Å². The Kier molecular flexibility index (Phi) is 5.18. The van der Waals surface area contributed by atoms with Crippen LogP contribution in [0.15, 0.2) is 47.4 Å². The average molecular weight is 300 g/mol. The molecule has 21 heavy (non-hydrogen) atoms. The number of nitrogens with one attached hydrogen (secondary N) is 1. The Morgan fingerprint density at radius 3 is 2.29 bits per heavy atom. The maximum absolute atomic E-state index is 3.58. The van der Waals surface area contributed by atoms with Gasteiger partial charge in [-0.3, -0.25) is 0 Å². The molecule has 0 aliphatic rings. The molecule has 0 saturated carbocycles. The van der Waals surface area contributed by atoms with Gasteiger partial charge in [-0.2, -0.15) is 0 Å². The molecule has 1 atom stereocenters. The summed E-state index contributed by atoms with van der Waals surface area (Å²) in [6.07, 6.45) is 2.10. The van der Waals surface area contributed by atoms with E-state index >= 15 is 0 Å². The highest BCUT2D eigenvalue weighted by molar-refractivity contribution is 7.98. The Morgan fingerprint density at radius 2 is 1.71 bits per heavy atom. The van der Waals surface area contributed by atoms with E-state index in [4.69, 9.17) is 0 Å². The standard InChI is InChI=1S/C18H24N2S/c1-13-6-9-16(12-18(13)20(3)4)19-14(2)15-7-10-17(21-5)11-8-15/h6-12,14,19H,1-5H3. The van der Waals surface area contributed by atoms with Gasteiger partial charge in [0.2, 0.25) is 0 Å². The smallest absolute Gasteiger partial charge is 0.0485 e. The Morgan fingerprint density at radius 1 is 1.05 bits per heavy atom. The quantitative estimate of drug-likeness (QED) is 0.786. The number of benzene rings is 2. The molecule has 1 N–H and O–H groups in total. The number of hydrogen-bond donors (Lipinski definition) is 1. The predicted octanol–water partition coefficient (Wildman–Crippen LogP) is 4.96. The predicted molar refractivity (Wildman–Crippen MR) is 95.8 cm³/mol. The first-order valence-electron chi connectivity index (χ1n) is 7.19. The van der Waals surface area contributed by atoms with Crippen LogP contribution in [0.1, 0.15) is 24.1 Å². The van der Waals surface area contributed by atoms with Crippen LogP contribution >= 0.6 is 11.8 Å². The fraction of sp³-hybridized carbons (Fsp3) is 0.333. The van der Waals surface area contributed by atoms with Crippen LogP contribution in [0, 0.1) is 6.92 Å². The topological polar surface area (TPSA) is 15.3 Å². The fourth-order valence-corrected chi connectivity index (χ4v) is 2.82. The molecule has 0 aliphatic carbocycles. The first-order valence-corrected chi connectivity index (χ1v) is 8.42. The normalized spacial score (nSPS) is 12.0. The zero-order valence-electron chi connectivity index (χ0n) is 13.5. The van der Waals surface area contributed by atoms with Crippen LogP contribution in [-0.4, -0.2) is 20.4 Å². The van der Waals surface area contributed by atoms with Crippen molar-refractivity contribution in [3.8, 4) is 0 Å². The zero-order valence-corrected chi connectivity index (χ0v) is 14.3. The molecule has 0 amide bonds. The van der Waals surface area contributed by atoms with Gasteiger partial charge in [-0.05, 0) is 55.5 Å². The molecule has 0 fully saturated rings. The van der Waals surface area contributed by atoms with E-state index in [0.717, 1.165) is 5.69 Å². The van der Waals surface area contributed by atoms with Crippen molar-refractivity contribution in [3.05, 3.63) is 53.6 Å². The van der Waals surface area contributed by atoms with Gasteiger partial charge in [-0.1, -0.05) is 18.2 Å². The van der Waals surface area contributed by atoms with E-state index in [-0.39, 0.29) is 0 Å². The van der Waals surface area contributed by atoms with E-state index in [0.29, 0.717) is 6.04 Å². The summed E-state index contributed by atoms with van der Waals surface area (Å²) in [6, 6.07) is 15.6. The lowest BCUT2D eigenvalue weighted by atomic mass is 10.1. The zero-order chi connectivity index (χ0) is 15.4. The summed E-state index contributed by atoms with van der Waals surface area (Å²) in [5, 5.41) is 3.58. The summed E-state index contributed by atoms with van der Waals surface area (Å²) in [4.78, 5) is 3.45. The second-order valence-corrected chi connectivity index (χ2v) is 6.41. The highest BCUT2D eigenvalue weighted by Gasteiger charge is 2.07. The third-order valence-electron chi connectivity index (χ3n) is 3.69. The lowest BCUT2D eigenvalue weighted by molar-refractivity contribution is 0.882. The molecular weight excluding hydrogens is 276 g/mol. The van der Waals surface area contributed by atoms with Crippen molar-refractivity contribution in [2.24, 2.45) is 0 Å². The Labute approximate surface area is 132 Å². The number of anilines is 2. The molecule has 2 rings (SSSR count). The third-order valence-corrected chi connectivity index (χ3v) is 4.43. The van der Waals surface area contributed by atoms with E-state index in [2.05, 4.69) is 86.9 Å². The van der Waals surface area contributed by atoms with Crippen molar-refractivity contribution in [3.63, 3.8) is 0 Å². The van der Waals surface area contributed by atoms with E-state index in [1.165, 1.54) is 21.7 Å². The molecule has 0 heterocycles. The molecule has 0 aliphatic heterocycles. The summed E-state index contributed by atoms with van der Waals surface area (Å²) in [7, 11) is 4.16. The second kappa shape index (κ2) is 6.90. The van der Waals surface area contributed by atoms with Crippen LogP contribution in [0.5, 0.6) is 0 Å². The van der Waals surface area contributed by atoms with Gasteiger partial charge in [0, 0.05) is 36.4 Å². The Hall–Kier alpha value is -1.61. The molecule has 0 spiro atoms. The van der Waals surface area contributed by atoms with Gasteiger partial charge in [0.15, 0.2) is 0 Å². The maximum Gasteiger partial charge on any atom is 0.0485 e. The van der Waals surface area contributed by atoms with Crippen molar-refractivity contribution >= 4 is 23.1 Å². The molecule has 1 unspecified atom stereocenters. The van der Waals surface area contributed by atoms with Crippen LogP contribution in [0.25, 0.3) is 0 Å². The van der Waals surface area contributed by atoms with Crippen molar-refractivity contribution in [2.75, 3.05) is 30.6 Å². The van der Waals surface area contributed by atoms with Crippen LogP contribution in [0.3, 0.4) is 0 Å². The average Bonchev–Trinajstić information content (AvgIpc) is 2.49. The lowest BCUT2D eigenvalue weighted by Crippen LogP contribution is -2.12. The Bertz CT molecular complexity index is 591. The summed E-state index contributed by atoms with van der Waals surface area (Å²) in [5.41, 5.74) is 5.01. The van der Waals surface area contributed by atoms with Crippen molar-refractivity contribution in [1.82, 2.24) is 0 Å². The SMILES string of the molecule is CSc1ccc(C(C)Nc2ccc(C)c(N(C)C)c2)cc1. The van der Waals surface area contributed by atoms with Gasteiger partial charge in [0.05, 0.1) is 0 Å². The second-order valence-electron chi connectivity index (χ2n) is 5.53. The van der Waals surface area contributed by atoms with Crippen LogP contribution in [0.2, 0.25) is 0 Å². The van der Waals surface area contributed by atoms with Crippen LogP contribution < -0.4 is 10.2 Å². The lowest BCUT2D eigenvalue weighted by Gasteiger charge is -2.20.